The molecule has 2 rings (SSSR count). The third-order valence-electron chi connectivity index (χ3n) is 5.01. The average molecular weight is 282 g/mol. The van der Waals surface area contributed by atoms with Crippen LogP contribution in [0.5, 0.6) is 0 Å². The summed E-state index contributed by atoms with van der Waals surface area (Å²) in [6, 6.07) is 0.715. The Morgan fingerprint density at radius 2 is 2.00 bits per heavy atom. The van der Waals surface area contributed by atoms with Crippen LogP contribution in [-0.4, -0.2) is 48.2 Å². The van der Waals surface area contributed by atoms with E-state index in [1.54, 1.807) is 0 Å². The molecule has 4 heteroatoms. The van der Waals surface area contributed by atoms with Crippen LogP contribution < -0.4 is 5.32 Å². The lowest BCUT2D eigenvalue weighted by Crippen LogP contribution is -2.49. The predicted octanol–water partition coefficient (Wildman–Crippen LogP) is 2.03. The van der Waals surface area contributed by atoms with Gasteiger partial charge >= 0.3 is 0 Å². The van der Waals surface area contributed by atoms with Crippen LogP contribution >= 0.6 is 0 Å². The summed E-state index contributed by atoms with van der Waals surface area (Å²) in [4.78, 5) is 15.0. The zero-order chi connectivity index (χ0) is 14.9. The van der Waals surface area contributed by atoms with E-state index in [0.717, 1.165) is 13.1 Å². The molecule has 2 aliphatic rings. The van der Waals surface area contributed by atoms with Crippen molar-refractivity contribution in [2.75, 3.05) is 13.1 Å². The maximum Gasteiger partial charge on any atom is 0.228 e. The van der Waals surface area contributed by atoms with Crippen molar-refractivity contribution < 1.29 is 9.53 Å². The average Bonchev–Trinajstić information content (AvgIpc) is 2.95. The van der Waals surface area contributed by atoms with Gasteiger partial charge in [0.25, 0.3) is 0 Å². The Kier molecular flexibility index (Phi) is 5.08. The standard InChI is InChI=1S/C16H30N2O2/c1-10(2)18(9-14-7-6-8-17-14)16(19)15-11(3)12(4)20-13(15)5/h10-15,17H,6-9H2,1-5H3. The fourth-order valence-corrected chi connectivity index (χ4v) is 3.59. The number of amides is 1. The van der Waals surface area contributed by atoms with Crippen molar-refractivity contribution in [1.82, 2.24) is 10.2 Å². The summed E-state index contributed by atoms with van der Waals surface area (Å²) in [5.41, 5.74) is 0. The molecule has 20 heavy (non-hydrogen) atoms. The molecule has 2 aliphatic heterocycles. The zero-order valence-corrected chi connectivity index (χ0v) is 13.6. The monoisotopic (exact) mass is 282 g/mol. The Hall–Kier alpha value is -0.610. The van der Waals surface area contributed by atoms with Crippen molar-refractivity contribution in [3.63, 3.8) is 0 Å². The number of hydrogen-bond acceptors (Lipinski definition) is 3. The van der Waals surface area contributed by atoms with E-state index in [2.05, 4.69) is 37.9 Å². The Morgan fingerprint density at radius 3 is 2.45 bits per heavy atom. The van der Waals surface area contributed by atoms with Gasteiger partial charge in [0.1, 0.15) is 0 Å². The summed E-state index contributed by atoms with van der Waals surface area (Å²) < 4.78 is 5.84. The summed E-state index contributed by atoms with van der Waals surface area (Å²) in [5, 5.41) is 3.49. The SMILES string of the molecule is CC1OC(C)C(C(=O)N(CC2CCCN2)C(C)C)C1C. The molecule has 5 unspecified atom stereocenters. The molecule has 1 N–H and O–H groups in total. The lowest BCUT2D eigenvalue weighted by molar-refractivity contribution is -0.140. The molecule has 2 saturated heterocycles. The second-order valence-corrected chi connectivity index (χ2v) is 6.81. The van der Waals surface area contributed by atoms with E-state index in [0.29, 0.717) is 12.0 Å². The van der Waals surface area contributed by atoms with Crippen LogP contribution in [0.1, 0.15) is 47.5 Å². The second-order valence-electron chi connectivity index (χ2n) is 6.81. The molecule has 2 fully saturated rings. The van der Waals surface area contributed by atoms with Crippen LogP contribution in [-0.2, 0) is 9.53 Å². The lowest BCUT2D eigenvalue weighted by atomic mass is 9.88. The molecule has 5 atom stereocenters. The molecule has 0 aromatic heterocycles. The van der Waals surface area contributed by atoms with Crippen LogP contribution in [0.25, 0.3) is 0 Å². The molecule has 2 heterocycles. The van der Waals surface area contributed by atoms with Crippen molar-refractivity contribution in [3.8, 4) is 0 Å². The van der Waals surface area contributed by atoms with Gasteiger partial charge < -0.3 is 15.0 Å². The third kappa shape index (κ3) is 3.17. The van der Waals surface area contributed by atoms with Crippen LogP contribution in [0.2, 0.25) is 0 Å². The van der Waals surface area contributed by atoms with Gasteiger partial charge in [-0.25, -0.2) is 0 Å². The van der Waals surface area contributed by atoms with Gasteiger partial charge in [0.05, 0.1) is 18.1 Å². The maximum absolute atomic E-state index is 13.0. The van der Waals surface area contributed by atoms with Crippen LogP contribution in [0.15, 0.2) is 0 Å². The number of carbonyl (C=O) groups excluding carboxylic acids is 1. The summed E-state index contributed by atoms with van der Waals surface area (Å²) in [6.07, 6.45) is 2.61. The molecule has 1 amide bonds. The highest BCUT2D eigenvalue weighted by Crippen LogP contribution is 2.34. The summed E-state index contributed by atoms with van der Waals surface area (Å²) in [6.45, 7) is 12.4. The van der Waals surface area contributed by atoms with E-state index in [1.807, 2.05) is 6.92 Å². The molecule has 0 saturated carbocycles. The topological polar surface area (TPSA) is 41.6 Å². The van der Waals surface area contributed by atoms with Gasteiger partial charge in [-0.1, -0.05) is 6.92 Å². The highest BCUT2D eigenvalue weighted by molar-refractivity contribution is 5.80. The maximum atomic E-state index is 13.0. The first-order valence-electron chi connectivity index (χ1n) is 8.11. The highest BCUT2D eigenvalue weighted by Gasteiger charge is 2.44. The quantitative estimate of drug-likeness (QED) is 0.858. The number of carbonyl (C=O) groups is 1. The van der Waals surface area contributed by atoms with Crippen molar-refractivity contribution in [2.24, 2.45) is 11.8 Å². The fourth-order valence-electron chi connectivity index (χ4n) is 3.59. The second kappa shape index (κ2) is 6.44. The fraction of sp³-hybridized carbons (Fsp3) is 0.938. The van der Waals surface area contributed by atoms with Crippen molar-refractivity contribution in [1.29, 1.82) is 0 Å². The molecule has 0 aliphatic carbocycles. The molecule has 0 bridgehead atoms. The van der Waals surface area contributed by atoms with E-state index >= 15 is 0 Å². The molecule has 0 radical (unpaired) electrons. The van der Waals surface area contributed by atoms with Crippen LogP contribution in [0.3, 0.4) is 0 Å². The minimum Gasteiger partial charge on any atom is -0.374 e. The normalized spacial score (nSPS) is 37.6. The van der Waals surface area contributed by atoms with Gasteiger partial charge in [0.2, 0.25) is 5.91 Å². The van der Waals surface area contributed by atoms with Crippen molar-refractivity contribution in [3.05, 3.63) is 0 Å². The number of hydrogen-bond donors (Lipinski definition) is 1. The number of rotatable bonds is 4. The van der Waals surface area contributed by atoms with Crippen molar-refractivity contribution >= 4 is 5.91 Å². The smallest absolute Gasteiger partial charge is 0.228 e. The van der Waals surface area contributed by atoms with Gasteiger partial charge in [0.15, 0.2) is 0 Å². The first-order valence-corrected chi connectivity index (χ1v) is 8.11. The van der Waals surface area contributed by atoms with Crippen molar-refractivity contribution in [2.45, 2.75) is 71.8 Å². The molecule has 116 valence electrons. The predicted molar refractivity (Wildman–Crippen MR) is 80.5 cm³/mol. The van der Waals surface area contributed by atoms with Crippen LogP contribution in [0.4, 0.5) is 0 Å². The van der Waals surface area contributed by atoms with Gasteiger partial charge in [0, 0.05) is 18.6 Å². The van der Waals surface area contributed by atoms with Crippen LogP contribution in [0, 0.1) is 11.8 Å². The molecule has 0 spiro atoms. The minimum absolute atomic E-state index is 0.00815. The summed E-state index contributed by atoms with van der Waals surface area (Å²) in [5.74, 6) is 0.585. The molecular formula is C16H30N2O2. The van der Waals surface area contributed by atoms with Gasteiger partial charge in [-0.2, -0.15) is 0 Å². The Labute approximate surface area is 123 Å². The molecular weight excluding hydrogens is 252 g/mol. The summed E-state index contributed by atoms with van der Waals surface area (Å²) in [7, 11) is 0. The number of nitrogens with one attached hydrogen (secondary N) is 1. The summed E-state index contributed by atoms with van der Waals surface area (Å²) >= 11 is 0. The van der Waals surface area contributed by atoms with E-state index in [-0.39, 0.29) is 30.1 Å². The first kappa shape index (κ1) is 15.8. The van der Waals surface area contributed by atoms with E-state index in [1.165, 1.54) is 12.8 Å². The van der Waals surface area contributed by atoms with Gasteiger partial charge in [-0.3, -0.25) is 4.79 Å². The van der Waals surface area contributed by atoms with E-state index in [9.17, 15) is 4.79 Å². The largest absolute Gasteiger partial charge is 0.374 e. The van der Waals surface area contributed by atoms with E-state index < -0.39 is 0 Å². The minimum atomic E-state index is 0.00815. The van der Waals surface area contributed by atoms with E-state index in [4.69, 9.17) is 4.74 Å². The molecule has 0 aromatic rings. The third-order valence-corrected chi connectivity index (χ3v) is 5.01. The Balaban J connectivity index is 2.06. The highest BCUT2D eigenvalue weighted by atomic mass is 16.5. The lowest BCUT2D eigenvalue weighted by Gasteiger charge is -2.33. The Bertz CT molecular complexity index is 339. The Morgan fingerprint density at radius 1 is 1.30 bits per heavy atom. The number of nitrogens with zero attached hydrogens (tertiary/aromatic N) is 1. The molecule has 0 aromatic carbocycles. The van der Waals surface area contributed by atoms with Gasteiger partial charge in [-0.15, -0.1) is 0 Å². The zero-order valence-electron chi connectivity index (χ0n) is 13.6. The number of ether oxygens (including phenoxy) is 1. The first-order chi connectivity index (χ1) is 9.41. The van der Waals surface area contributed by atoms with Gasteiger partial charge in [-0.05, 0) is 53.0 Å². The molecule has 4 nitrogen and oxygen atoms in total.